The largest absolute Gasteiger partial charge is 0.469 e. The molecular formula is C30H43N2NiO2-. The molecule has 1 saturated carbocycles. The van der Waals surface area contributed by atoms with Crippen molar-refractivity contribution in [1.82, 2.24) is 0 Å². The zero-order chi connectivity index (χ0) is 24.9. The molecule has 0 bridgehead atoms. The van der Waals surface area contributed by atoms with Crippen molar-refractivity contribution in [2.75, 3.05) is 7.11 Å². The molecule has 1 aliphatic carbocycles. The average Bonchev–Trinajstić information content (AvgIpc) is 3.06. The maximum absolute atomic E-state index is 10.3. The number of aliphatic imine (C=N–C) groups is 2. The van der Waals surface area contributed by atoms with E-state index in [-0.39, 0.29) is 35.8 Å². The second-order valence-corrected chi connectivity index (χ2v) is 9.67. The van der Waals surface area contributed by atoms with E-state index in [1.54, 1.807) is 13.8 Å². The number of nitrogens with zero attached hydrogens (tertiary/aromatic N) is 2. The van der Waals surface area contributed by atoms with Crippen molar-refractivity contribution >= 4 is 28.8 Å². The van der Waals surface area contributed by atoms with E-state index in [0.717, 1.165) is 29.9 Å². The third-order valence-electron chi connectivity index (χ3n) is 6.00. The van der Waals surface area contributed by atoms with Gasteiger partial charge in [-0.05, 0) is 76.6 Å². The summed E-state index contributed by atoms with van der Waals surface area (Å²) in [7, 11) is 1.39. The molecule has 5 heteroatoms. The van der Waals surface area contributed by atoms with Crippen LogP contribution in [0.1, 0.15) is 67.0 Å². The first-order valence-electron chi connectivity index (χ1n) is 11.8. The molecule has 0 amide bonds. The molecule has 0 spiro atoms. The van der Waals surface area contributed by atoms with Gasteiger partial charge in [-0.2, -0.15) is 0 Å². The third kappa shape index (κ3) is 8.72. The molecule has 0 aromatic heterocycles. The van der Waals surface area contributed by atoms with Gasteiger partial charge in [-0.1, -0.05) is 56.2 Å². The first-order chi connectivity index (χ1) is 15.4. The maximum Gasteiger partial charge on any atom is 0.308 e. The number of carbonyl (C=O) groups is 1. The summed E-state index contributed by atoms with van der Waals surface area (Å²) in [6.45, 7) is 18.8. The van der Waals surface area contributed by atoms with Gasteiger partial charge < -0.3 is 12.2 Å². The summed E-state index contributed by atoms with van der Waals surface area (Å²) in [6, 6.07) is 8.87. The van der Waals surface area contributed by atoms with Crippen molar-refractivity contribution in [1.29, 1.82) is 0 Å². The molecule has 2 aromatic rings. The molecule has 196 valence electrons. The van der Waals surface area contributed by atoms with Gasteiger partial charge in [-0.25, -0.2) is 0 Å². The van der Waals surface area contributed by atoms with Crippen LogP contribution in [0.25, 0.3) is 0 Å². The predicted octanol–water partition coefficient (Wildman–Crippen LogP) is 8.08. The first kappa shape index (κ1) is 32.7. The van der Waals surface area contributed by atoms with Crippen LogP contribution >= 0.6 is 0 Å². The second kappa shape index (κ2) is 14.3. The van der Waals surface area contributed by atoms with E-state index >= 15 is 0 Å². The van der Waals surface area contributed by atoms with Crippen molar-refractivity contribution in [3.8, 4) is 0 Å². The normalized spacial score (nSPS) is 16.9. The van der Waals surface area contributed by atoms with Crippen molar-refractivity contribution in [3.63, 3.8) is 0 Å². The van der Waals surface area contributed by atoms with Gasteiger partial charge in [0, 0.05) is 22.4 Å². The zero-order valence-electron chi connectivity index (χ0n) is 23.4. The number of hydrogen-bond acceptors (Lipinski definition) is 4. The molecule has 1 unspecified atom stereocenters. The van der Waals surface area contributed by atoms with Crippen molar-refractivity contribution in [3.05, 3.63) is 65.1 Å². The molecule has 4 nitrogen and oxygen atoms in total. The number of methoxy groups -OCH3 is 1. The summed E-state index contributed by atoms with van der Waals surface area (Å²) in [6.07, 6.45) is 2.14. The predicted molar refractivity (Wildman–Crippen MR) is 147 cm³/mol. The van der Waals surface area contributed by atoms with Crippen LogP contribution in [0.2, 0.25) is 0 Å². The molecule has 3 rings (SSSR count). The Labute approximate surface area is 223 Å². The Hall–Kier alpha value is -2.26. The fourth-order valence-corrected chi connectivity index (χ4v) is 4.38. The van der Waals surface area contributed by atoms with Crippen LogP contribution in [0, 0.1) is 60.8 Å². The smallest absolute Gasteiger partial charge is 0.308 e. The molecule has 35 heavy (non-hydrogen) atoms. The van der Waals surface area contributed by atoms with Crippen LogP contribution in [-0.4, -0.2) is 24.5 Å². The Morgan fingerprint density at radius 2 is 1.26 bits per heavy atom. The van der Waals surface area contributed by atoms with Crippen LogP contribution < -0.4 is 0 Å². The molecule has 1 fully saturated rings. The molecule has 0 heterocycles. The summed E-state index contributed by atoms with van der Waals surface area (Å²) >= 11 is 0. The molecule has 1 aliphatic rings. The summed E-state index contributed by atoms with van der Waals surface area (Å²) in [5.74, 6) is 0.310. The molecule has 0 aliphatic heterocycles. The maximum atomic E-state index is 10.3. The van der Waals surface area contributed by atoms with E-state index < -0.39 is 0 Å². The van der Waals surface area contributed by atoms with E-state index in [1.807, 2.05) is 0 Å². The van der Waals surface area contributed by atoms with Gasteiger partial charge in [0.2, 0.25) is 0 Å². The number of carbonyl (C=O) groups excluding carboxylic acids is 1. The minimum atomic E-state index is -0.153. The van der Waals surface area contributed by atoms with Gasteiger partial charge >= 0.3 is 5.97 Å². The molecule has 2 aromatic carbocycles. The number of aryl methyl sites for hydroxylation is 6. The summed E-state index contributed by atoms with van der Waals surface area (Å²) in [5.41, 5.74) is 12.1. The topological polar surface area (TPSA) is 51.0 Å². The number of rotatable bonds is 3. The van der Waals surface area contributed by atoms with Crippen molar-refractivity contribution in [2.24, 2.45) is 21.8 Å². The molecular weight excluding hydrogens is 479 g/mol. The summed E-state index contributed by atoms with van der Waals surface area (Å²) in [5, 5.41) is 0. The van der Waals surface area contributed by atoms with Crippen LogP contribution in [0.5, 0.6) is 0 Å². The minimum Gasteiger partial charge on any atom is -0.469 e. The number of benzene rings is 2. The van der Waals surface area contributed by atoms with Crippen molar-refractivity contribution in [2.45, 2.75) is 75.2 Å². The zero-order valence-corrected chi connectivity index (χ0v) is 24.4. The Balaban J connectivity index is 0.00000113. The molecule has 0 N–H and O–H groups in total. The van der Waals surface area contributed by atoms with Gasteiger partial charge in [0.05, 0.1) is 35.8 Å². The van der Waals surface area contributed by atoms with Crippen molar-refractivity contribution < 1.29 is 26.0 Å². The van der Waals surface area contributed by atoms with Gasteiger partial charge in [-0.3, -0.25) is 14.8 Å². The number of ether oxygens (including phenoxy) is 1. The van der Waals surface area contributed by atoms with Gasteiger partial charge in [0.25, 0.3) is 0 Å². The van der Waals surface area contributed by atoms with Gasteiger partial charge in [0.15, 0.2) is 0 Å². The quantitative estimate of drug-likeness (QED) is 0.233. The molecule has 0 radical (unpaired) electrons. The van der Waals surface area contributed by atoms with E-state index in [2.05, 4.69) is 77.5 Å². The summed E-state index contributed by atoms with van der Waals surface area (Å²) in [4.78, 5) is 20.5. The molecule has 0 saturated heterocycles. The first-order valence-corrected chi connectivity index (χ1v) is 11.8. The van der Waals surface area contributed by atoms with Crippen LogP contribution in [0.3, 0.4) is 0 Å². The van der Waals surface area contributed by atoms with Gasteiger partial charge in [0.1, 0.15) is 0 Å². The average molecular weight is 522 g/mol. The Bertz CT molecular complexity index is 1040. The van der Waals surface area contributed by atoms with Crippen LogP contribution in [0.4, 0.5) is 11.4 Å². The fourth-order valence-electron chi connectivity index (χ4n) is 4.38. The third-order valence-corrected chi connectivity index (χ3v) is 6.00. The fraction of sp³-hybridized carbons (Fsp3) is 0.467. The standard InChI is InChI=1S/C24H30N2.C5H10O2.CH3.Ni/c1-14-10-17(4)22(18(5)11-14)25-21-9-8-16(3)24(21)26-23-19(6)12-15(2)13-20(23)7;1-4(2)5(6)7-3;;/h10-13,16H,8-9H2,1-7H3;4H,1-3H3;1H3;/q;;-1;. The Morgan fingerprint density at radius 1 is 0.857 bits per heavy atom. The van der Waals surface area contributed by atoms with Crippen LogP contribution in [0.15, 0.2) is 34.3 Å². The monoisotopic (exact) mass is 521 g/mol. The number of esters is 1. The second-order valence-electron chi connectivity index (χ2n) is 9.67. The minimum absolute atomic E-state index is 0. The Kier molecular flexibility index (Phi) is 13.4. The van der Waals surface area contributed by atoms with E-state index in [4.69, 9.17) is 9.98 Å². The molecule has 1 atom stereocenters. The van der Waals surface area contributed by atoms with E-state index in [0.29, 0.717) is 5.92 Å². The van der Waals surface area contributed by atoms with E-state index in [1.165, 1.54) is 46.2 Å². The summed E-state index contributed by atoms with van der Waals surface area (Å²) < 4.78 is 4.37. The van der Waals surface area contributed by atoms with Gasteiger partial charge in [-0.15, -0.1) is 0 Å². The number of hydrogen-bond donors (Lipinski definition) is 0. The van der Waals surface area contributed by atoms with Crippen LogP contribution in [-0.2, 0) is 26.0 Å². The SMILES string of the molecule is COC(=O)C(C)C.Cc1cc(C)c(N=C2CCC(C)C2=Nc2c(C)cc(C)cc2C)c(C)c1.[CH3-].[Ni]. The van der Waals surface area contributed by atoms with E-state index in [9.17, 15) is 4.79 Å². The Morgan fingerprint density at radius 3 is 1.60 bits per heavy atom.